The fourth-order valence-corrected chi connectivity index (χ4v) is 5.07. The highest BCUT2D eigenvalue weighted by Crippen LogP contribution is 2.44. The summed E-state index contributed by atoms with van der Waals surface area (Å²) >= 11 is 6.20. The highest BCUT2D eigenvalue weighted by atomic mass is 35.5. The van der Waals surface area contributed by atoms with Gasteiger partial charge in [0.2, 0.25) is 5.78 Å². The molecule has 1 aliphatic heterocycles. The second-order valence-corrected chi connectivity index (χ2v) is 9.99. The number of amides is 1. The summed E-state index contributed by atoms with van der Waals surface area (Å²) in [6.07, 6.45) is 0. The van der Waals surface area contributed by atoms with Crippen LogP contribution in [-0.4, -0.2) is 30.5 Å². The van der Waals surface area contributed by atoms with Crippen LogP contribution < -0.4 is 14.4 Å². The second kappa shape index (κ2) is 10.5. The molecule has 1 N–H and O–H groups in total. The van der Waals surface area contributed by atoms with E-state index in [2.05, 4.69) is 13.8 Å². The third-order valence-corrected chi connectivity index (χ3v) is 6.99. The molecule has 39 heavy (non-hydrogen) atoms. The molecule has 0 fully saturated rings. The van der Waals surface area contributed by atoms with E-state index in [1.54, 1.807) is 36.4 Å². The first-order chi connectivity index (χ1) is 18.7. The van der Waals surface area contributed by atoms with Crippen molar-refractivity contribution in [2.45, 2.75) is 32.7 Å². The maximum Gasteiger partial charge on any atom is 0.294 e. The van der Waals surface area contributed by atoms with Gasteiger partial charge in [-0.25, -0.2) is 0 Å². The average molecular weight is 546 g/mol. The number of ketones is 1. The quantitative estimate of drug-likeness (QED) is 0.232. The summed E-state index contributed by atoms with van der Waals surface area (Å²) < 4.78 is 16.9. The zero-order chi connectivity index (χ0) is 27.8. The number of Topliss-reactive ketones (excluding diaryl/α,β-unsaturated/α-hetero) is 1. The molecule has 3 aromatic carbocycles. The van der Waals surface area contributed by atoms with E-state index in [-0.39, 0.29) is 11.3 Å². The minimum absolute atomic E-state index is 0.0476. The lowest BCUT2D eigenvalue weighted by Gasteiger charge is -2.27. The molecule has 0 radical (unpaired) electrons. The Balaban J connectivity index is 1.65. The number of rotatable bonds is 8. The number of fused-ring (bicyclic) bond motifs is 1. The molecule has 1 atom stereocenters. The number of carbonyl (C=O) groups excluding carboxylic acids is 2. The number of methoxy groups -OCH3 is 1. The van der Waals surface area contributed by atoms with Crippen molar-refractivity contribution in [3.8, 4) is 11.5 Å². The van der Waals surface area contributed by atoms with Gasteiger partial charge in [-0.1, -0.05) is 55.8 Å². The van der Waals surface area contributed by atoms with Crippen molar-refractivity contribution in [2.75, 3.05) is 18.6 Å². The molecule has 1 aromatic heterocycles. The largest absolute Gasteiger partial charge is 0.503 e. The Labute approximate surface area is 231 Å². The molecule has 1 unspecified atom stereocenters. The number of aliphatic hydroxyl groups is 1. The van der Waals surface area contributed by atoms with Gasteiger partial charge in [0, 0.05) is 28.2 Å². The number of anilines is 1. The van der Waals surface area contributed by atoms with Crippen LogP contribution in [0.25, 0.3) is 11.0 Å². The normalized spacial score (nSPS) is 15.5. The van der Waals surface area contributed by atoms with E-state index in [4.69, 9.17) is 25.5 Å². The van der Waals surface area contributed by atoms with E-state index in [1.807, 2.05) is 31.2 Å². The van der Waals surface area contributed by atoms with E-state index in [0.29, 0.717) is 51.3 Å². The number of furan rings is 1. The van der Waals surface area contributed by atoms with Gasteiger partial charge in [-0.05, 0) is 48.2 Å². The summed E-state index contributed by atoms with van der Waals surface area (Å²) in [5.41, 5.74) is 2.52. The fraction of sp³-hybridized carbons (Fsp3) is 0.226. The molecule has 8 heteroatoms. The molecule has 0 spiro atoms. The van der Waals surface area contributed by atoms with Crippen LogP contribution in [0.1, 0.15) is 54.4 Å². The van der Waals surface area contributed by atoms with Gasteiger partial charge in [0.25, 0.3) is 5.91 Å². The summed E-state index contributed by atoms with van der Waals surface area (Å²) in [5.74, 6) is -0.757. The van der Waals surface area contributed by atoms with Crippen LogP contribution >= 0.6 is 11.6 Å². The van der Waals surface area contributed by atoms with Crippen LogP contribution in [0.5, 0.6) is 11.5 Å². The van der Waals surface area contributed by atoms with E-state index in [0.717, 1.165) is 5.56 Å². The molecular formula is C31H28ClNO6. The van der Waals surface area contributed by atoms with Crippen molar-refractivity contribution in [3.05, 3.63) is 100.0 Å². The van der Waals surface area contributed by atoms with Gasteiger partial charge in [0.1, 0.15) is 5.75 Å². The first-order valence-corrected chi connectivity index (χ1v) is 13.0. The topological polar surface area (TPSA) is 89.2 Å². The molecule has 0 saturated heterocycles. The lowest BCUT2D eigenvalue weighted by Crippen LogP contribution is -2.31. The summed E-state index contributed by atoms with van der Waals surface area (Å²) in [5, 5.41) is 12.1. The van der Waals surface area contributed by atoms with E-state index in [1.165, 1.54) is 18.1 Å². The Kier molecular flexibility index (Phi) is 7.10. The first kappa shape index (κ1) is 26.4. The van der Waals surface area contributed by atoms with Gasteiger partial charge in [-0.3, -0.25) is 14.5 Å². The maximum absolute atomic E-state index is 14.0. The summed E-state index contributed by atoms with van der Waals surface area (Å²) in [4.78, 5) is 28.9. The Morgan fingerprint density at radius 1 is 1.10 bits per heavy atom. The number of hydrogen-bond donors (Lipinski definition) is 1. The van der Waals surface area contributed by atoms with Crippen molar-refractivity contribution in [1.29, 1.82) is 0 Å². The average Bonchev–Trinajstić information content (AvgIpc) is 3.47. The molecular weight excluding hydrogens is 518 g/mol. The van der Waals surface area contributed by atoms with Crippen LogP contribution in [0.15, 0.2) is 82.5 Å². The van der Waals surface area contributed by atoms with Crippen LogP contribution in [-0.2, 0) is 4.79 Å². The lowest BCUT2D eigenvalue weighted by atomic mass is 9.92. The van der Waals surface area contributed by atoms with Gasteiger partial charge in [-0.15, -0.1) is 0 Å². The smallest absolute Gasteiger partial charge is 0.294 e. The number of benzene rings is 3. The zero-order valence-corrected chi connectivity index (χ0v) is 22.8. The highest BCUT2D eigenvalue weighted by molar-refractivity contribution is 6.31. The Morgan fingerprint density at radius 3 is 2.51 bits per heavy atom. The van der Waals surface area contributed by atoms with Crippen molar-refractivity contribution in [2.24, 2.45) is 0 Å². The molecule has 0 saturated carbocycles. The van der Waals surface area contributed by atoms with E-state index in [9.17, 15) is 14.7 Å². The number of hydrogen-bond acceptors (Lipinski definition) is 6. The number of carbonyl (C=O) groups is 2. The van der Waals surface area contributed by atoms with Crippen molar-refractivity contribution in [1.82, 2.24) is 0 Å². The Hall–Kier alpha value is -4.23. The van der Waals surface area contributed by atoms with Gasteiger partial charge < -0.3 is 19.0 Å². The Morgan fingerprint density at radius 2 is 1.85 bits per heavy atom. The second-order valence-electron chi connectivity index (χ2n) is 9.56. The van der Waals surface area contributed by atoms with Crippen LogP contribution in [0, 0.1) is 0 Å². The Bertz CT molecular complexity index is 1600. The van der Waals surface area contributed by atoms with Crippen LogP contribution in [0.3, 0.4) is 0 Å². The fourth-order valence-electron chi connectivity index (χ4n) is 4.85. The molecule has 7 nitrogen and oxygen atoms in total. The minimum Gasteiger partial charge on any atom is -0.503 e. The zero-order valence-electron chi connectivity index (χ0n) is 22.0. The summed E-state index contributed by atoms with van der Waals surface area (Å²) in [6.45, 7) is 6.49. The van der Waals surface area contributed by atoms with Crippen molar-refractivity contribution >= 4 is 39.9 Å². The van der Waals surface area contributed by atoms with E-state index < -0.39 is 23.5 Å². The summed E-state index contributed by atoms with van der Waals surface area (Å²) in [7, 11) is 1.48. The SMILES string of the molecule is CCOc1cccc(N2C(=O)C(O)=C(C(=O)c3cc4cc(Cl)cc(OC)c4o3)C2c2ccc(C(C)C)cc2)c1. The molecule has 1 aliphatic rings. The lowest BCUT2D eigenvalue weighted by molar-refractivity contribution is -0.117. The van der Waals surface area contributed by atoms with Crippen LogP contribution in [0.4, 0.5) is 5.69 Å². The number of halogens is 1. The van der Waals surface area contributed by atoms with Crippen molar-refractivity contribution in [3.63, 3.8) is 0 Å². The monoisotopic (exact) mass is 545 g/mol. The summed E-state index contributed by atoms with van der Waals surface area (Å²) in [6, 6.07) is 18.6. The highest BCUT2D eigenvalue weighted by Gasteiger charge is 2.45. The third kappa shape index (κ3) is 4.74. The number of ether oxygens (including phenoxy) is 2. The third-order valence-electron chi connectivity index (χ3n) is 6.77. The predicted molar refractivity (Wildman–Crippen MR) is 150 cm³/mol. The van der Waals surface area contributed by atoms with Crippen molar-refractivity contribution < 1.29 is 28.6 Å². The molecule has 2 heterocycles. The standard InChI is InChI=1S/C31H28ClNO6/c1-5-38-23-8-6-7-22(16-23)33-27(19-11-9-18(10-12-19)17(2)3)26(29(35)31(33)36)28(34)24-14-20-13-21(32)15-25(37-4)30(20)39-24/h6-17,27,35H,5H2,1-4H3. The maximum atomic E-state index is 14.0. The number of nitrogens with zero attached hydrogens (tertiary/aromatic N) is 1. The van der Waals surface area contributed by atoms with Gasteiger partial charge in [0.15, 0.2) is 22.9 Å². The minimum atomic E-state index is -0.901. The number of aliphatic hydroxyl groups excluding tert-OH is 1. The predicted octanol–water partition coefficient (Wildman–Crippen LogP) is 7.40. The van der Waals surface area contributed by atoms with Crippen LogP contribution in [0.2, 0.25) is 5.02 Å². The van der Waals surface area contributed by atoms with Gasteiger partial charge in [0.05, 0.1) is 25.3 Å². The molecule has 4 aromatic rings. The molecule has 0 aliphatic carbocycles. The van der Waals surface area contributed by atoms with Gasteiger partial charge >= 0.3 is 0 Å². The molecule has 200 valence electrons. The first-order valence-electron chi connectivity index (χ1n) is 12.6. The molecule has 1 amide bonds. The molecule has 5 rings (SSSR count). The molecule has 0 bridgehead atoms. The van der Waals surface area contributed by atoms with Gasteiger partial charge in [-0.2, -0.15) is 0 Å². The van der Waals surface area contributed by atoms with E-state index >= 15 is 0 Å².